The standard InChI is InChI=1S/C20H23FN2O2S2/c1-12-9-10-13(21)11-15(12)22-20(26)23-18-17(19(24)25-2)14-7-5-3-4-6-8-16(14)27-18/h9-11H,3-8H2,1-2H3,(H2,22,23,26). The molecule has 0 amide bonds. The van der Waals surface area contributed by atoms with Crippen molar-refractivity contribution >= 4 is 45.3 Å². The lowest BCUT2D eigenvalue weighted by atomic mass is 9.96. The van der Waals surface area contributed by atoms with E-state index in [4.69, 9.17) is 17.0 Å². The van der Waals surface area contributed by atoms with Crippen molar-refractivity contribution in [1.82, 2.24) is 0 Å². The first-order chi connectivity index (χ1) is 13.0. The van der Waals surface area contributed by atoms with Gasteiger partial charge in [-0.25, -0.2) is 9.18 Å². The summed E-state index contributed by atoms with van der Waals surface area (Å²) in [5, 5.41) is 7.18. The number of carbonyl (C=O) groups is 1. The summed E-state index contributed by atoms with van der Waals surface area (Å²) in [4.78, 5) is 13.7. The summed E-state index contributed by atoms with van der Waals surface area (Å²) >= 11 is 6.97. The molecule has 2 N–H and O–H groups in total. The number of aryl methyl sites for hydroxylation is 2. The van der Waals surface area contributed by atoms with Crippen LogP contribution in [0.4, 0.5) is 15.1 Å². The highest BCUT2D eigenvalue weighted by molar-refractivity contribution is 7.80. The van der Waals surface area contributed by atoms with Gasteiger partial charge < -0.3 is 15.4 Å². The number of benzene rings is 1. The largest absolute Gasteiger partial charge is 0.465 e. The fraction of sp³-hybridized carbons (Fsp3) is 0.400. The van der Waals surface area contributed by atoms with Gasteiger partial charge in [0, 0.05) is 10.6 Å². The van der Waals surface area contributed by atoms with Crippen LogP contribution in [0.2, 0.25) is 0 Å². The summed E-state index contributed by atoms with van der Waals surface area (Å²) in [6, 6.07) is 4.50. The molecular formula is C20H23FN2O2S2. The highest BCUT2D eigenvalue weighted by Gasteiger charge is 2.25. The smallest absolute Gasteiger partial charge is 0.341 e. The van der Waals surface area contributed by atoms with Gasteiger partial charge in [-0.05, 0) is 68.1 Å². The van der Waals surface area contributed by atoms with Gasteiger partial charge in [-0.1, -0.05) is 18.9 Å². The molecule has 1 aromatic heterocycles. The van der Waals surface area contributed by atoms with Gasteiger partial charge in [0.1, 0.15) is 10.8 Å². The average Bonchev–Trinajstić information content (AvgIpc) is 2.93. The van der Waals surface area contributed by atoms with Crippen LogP contribution in [-0.2, 0) is 17.6 Å². The van der Waals surface area contributed by atoms with Crippen LogP contribution in [-0.4, -0.2) is 18.2 Å². The Bertz CT molecular complexity index is 864. The molecule has 4 nitrogen and oxygen atoms in total. The van der Waals surface area contributed by atoms with Gasteiger partial charge in [0.25, 0.3) is 0 Å². The van der Waals surface area contributed by atoms with E-state index in [1.165, 1.54) is 37.0 Å². The van der Waals surface area contributed by atoms with Crippen molar-refractivity contribution < 1.29 is 13.9 Å². The molecule has 0 fully saturated rings. The van der Waals surface area contributed by atoms with E-state index in [-0.39, 0.29) is 11.8 Å². The molecule has 27 heavy (non-hydrogen) atoms. The second kappa shape index (κ2) is 8.80. The quantitative estimate of drug-likeness (QED) is 0.524. The van der Waals surface area contributed by atoms with Crippen molar-refractivity contribution in [2.45, 2.75) is 45.4 Å². The number of halogens is 1. The van der Waals surface area contributed by atoms with E-state index < -0.39 is 0 Å². The lowest BCUT2D eigenvalue weighted by Crippen LogP contribution is -2.21. The van der Waals surface area contributed by atoms with E-state index in [0.717, 1.165) is 36.8 Å². The molecule has 0 spiro atoms. The Kier molecular flexibility index (Phi) is 6.44. The lowest BCUT2D eigenvalue weighted by molar-refractivity contribution is 0.0601. The molecule has 0 unspecified atom stereocenters. The summed E-state index contributed by atoms with van der Waals surface area (Å²) in [5.74, 6) is -0.680. The molecule has 144 valence electrons. The van der Waals surface area contributed by atoms with Crippen LogP contribution in [0.1, 0.15) is 52.0 Å². The molecule has 7 heteroatoms. The number of hydrogen-bond donors (Lipinski definition) is 2. The Morgan fingerprint density at radius 2 is 1.93 bits per heavy atom. The number of rotatable bonds is 3. The maximum atomic E-state index is 13.5. The predicted octanol–water partition coefficient (Wildman–Crippen LogP) is 5.45. The topological polar surface area (TPSA) is 50.4 Å². The minimum absolute atomic E-state index is 0.322. The van der Waals surface area contributed by atoms with Gasteiger partial charge in [0.2, 0.25) is 0 Å². The van der Waals surface area contributed by atoms with Crippen molar-refractivity contribution in [1.29, 1.82) is 0 Å². The third-order valence-corrected chi connectivity index (χ3v) is 6.15. The first kappa shape index (κ1) is 19.8. The van der Waals surface area contributed by atoms with Gasteiger partial charge in [0.15, 0.2) is 5.11 Å². The molecule has 3 rings (SSSR count). The highest BCUT2D eigenvalue weighted by Crippen LogP contribution is 2.37. The van der Waals surface area contributed by atoms with Crippen molar-refractivity contribution in [3.63, 3.8) is 0 Å². The molecule has 0 atom stereocenters. The second-order valence-corrected chi connectivity index (χ2v) is 8.17. The van der Waals surface area contributed by atoms with Gasteiger partial charge >= 0.3 is 5.97 Å². The third kappa shape index (κ3) is 4.65. The zero-order valence-corrected chi connectivity index (χ0v) is 17.1. The van der Waals surface area contributed by atoms with Crippen LogP contribution in [0.25, 0.3) is 0 Å². The fourth-order valence-corrected chi connectivity index (χ4v) is 4.87. The first-order valence-electron chi connectivity index (χ1n) is 9.06. The zero-order valence-electron chi connectivity index (χ0n) is 15.5. The molecule has 1 aromatic carbocycles. The van der Waals surface area contributed by atoms with Crippen LogP contribution >= 0.6 is 23.6 Å². The van der Waals surface area contributed by atoms with Crippen molar-refractivity contribution in [3.05, 3.63) is 45.6 Å². The van der Waals surface area contributed by atoms with Crippen molar-refractivity contribution in [2.24, 2.45) is 0 Å². The molecule has 0 bridgehead atoms. The summed E-state index contributed by atoms with van der Waals surface area (Å²) in [6.45, 7) is 1.88. The van der Waals surface area contributed by atoms with Crippen molar-refractivity contribution in [2.75, 3.05) is 17.7 Å². The van der Waals surface area contributed by atoms with Crippen molar-refractivity contribution in [3.8, 4) is 0 Å². The predicted molar refractivity (Wildman–Crippen MR) is 113 cm³/mol. The van der Waals surface area contributed by atoms with E-state index in [9.17, 15) is 9.18 Å². The lowest BCUT2D eigenvalue weighted by Gasteiger charge is -2.13. The number of anilines is 2. The fourth-order valence-electron chi connectivity index (χ4n) is 3.31. The summed E-state index contributed by atoms with van der Waals surface area (Å²) in [7, 11) is 1.39. The highest BCUT2D eigenvalue weighted by atomic mass is 32.1. The maximum Gasteiger partial charge on any atom is 0.341 e. The van der Waals surface area contributed by atoms with E-state index in [0.29, 0.717) is 21.4 Å². The van der Waals surface area contributed by atoms with Crippen LogP contribution in [0.5, 0.6) is 0 Å². The molecular weight excluding hydrogens is 383 g/mol. The zero-order chi connectivity index (χ0) is 19.4. The van der Waals surface area contributed by atoms with E-state index in [1.54, 1.807) is 17.4 Å². The number of ether oxygens (including phenoxy) is 1. The first-order valence-corrected chi connectivity index (χ1v) is 10.3. The molecule has 0 saturated heterocycles. The van der Waals surface area contributed by atoms with Gasteiger partial charge in [-0.15, -0.1) is 11.3 Å². The average molecular weight is 407 g/mol. The molecule has 2 aromatic rings. The molecule has 1 heterocycles. The van der Waals surface area contributed by atoms with Crippen LogP contribution in [0.15, 0.2) is 18.2 Å². The summed E-state index contributed by atoms with van der Waals surface area (Å²) in [6.07, 6.45) is 6.43. The second-order valence-electron chi connectivity index (χ2n) is 6.65. The monoisotopic (exact) mass is 406 g/mol. The molecule has 1 aliphatic rings. The van der Waals surface area contributed by atoms with Crippen LogP contribution in [0, 0.1) is 12.7 Å². The molecule has 0 saturated carbocycles. The Hall–Kier alpha value is -1.99. The van der Waals surface area contributed by atoms with Crippen LogP contribution < -0.4 is 10.6 Å². The molecule has 1 aliphatic carbocycles. The summed E-state index contributed by atoms with van der Waals surface area (Å²) < 4.78 is 18.5. The van der Waals surface area contributed by atoms with E-state index in [1.807, 2.05) is 6.92 Å². The number of methoxy groups -OCH3 is 1. The Labute approximate surface area is 168 Å². The number of nitrogens with one attached hydrogen (secondary N) is 2. The van der Waals surface area contributed by atoms with Gasteiger partial charge in [-0.3, -0.25) is 0 Å². The number of thiocarbonyl (C=S) groups is 1. The molecule has 0 radical (unpaired) electrons. The Balaban J connectivity index is 1.86. The Morgan fingerprint density at radius 3 is 2.67 bits per heavy atom. The van der Waals surface area contributed by atoms with Gasteiger partial charge in [-0.2, -0.15) is 0 Å². The number of thiophene rings is 1. The summed E-state index contributed by atoms with van der Waals surface area (Å²) in [5.41, 5.74) is 3.15. The van der Waals surface area contributed by atoms with E-state index in [2.05, 4.69) is 10.6 Å². The SMILES string of the molecule is COC(=O)c1c(NC(=S)Nc2cc(F)ccc2C)sc2c1CCCCCC2. The van der Waals surface area contributed by atoms with E-state index >= 15 is 0 Å². The van der Waals surface area contributed by atoms with Crippen LogP contribution in [0.3, 0.4) is 0 Å². The normalized spacial score (nSPS) is 13.9. The van der Waals surface area contributed by atoms with Gasteiger partial charge in [0.05, 0.1) is 12.7 Å². The number of esters is 1. The maximum absolute atomic E-state index is 13.5. The Morgan fingerprint density at radius 1 is 1.19 bits per heavy atom. The molecule has 0 aliphatic heterocycles. The minimum Gasteiger partial charge on any atom is -0.465 e. The third-order valence-electron chi connectivity index (χ3n) is 4.74. The number of hydrogen-bond acceptors (Lipinski definition) is 4. The number of carbonyl (C=O) groups excluding carboxylic acids is 1. The number of fused-ring (bicyclic) bond motifs is 1. The minimum atomic E-state index is -0.347.